The van der Waals surface area contributed by atoms with Crippen LogP contribution in [-0.4, -0.2) is 48.9 Å². The second kappa shape index (κ2) is 7.13. The average Bonchev–Trinajstić information content (AvgIpc) is 3.24. The number of likely N-dealkylation sites (tertiary alicyclic amines) is 1. The standard InChI is InChI=1S/C18H25N3O2/c1-14(20-9-2-3-10-20)13-19-18(23)15-6-4-7-16(12-15)21-11-5-8-17(21)22/h4,6-7,12,14H,2-3,5,8-11,13H2,1H3,(H,19,23)/t14-/m1/s1. The summed E-state index contributed by atoms with van der Waals surface area (Å²) in [4.78, 5) is 28.4. The highest BCUT2D eigenvalue weighted by molar-refractivity contribution is 5.99. The molecule has 2 saturated heterocycles. The number of hydrogen-bond acceptors (Lipinski definition) is 3. The van der Waals surface area contributed by atoms with E-state index in [0.717, 1.165) is 31.7 Å². The molecule has 0 saturated carbocycles. The first-order valence-corrected chi connectivity index (χ1v) is 8.58. The van der Waals surface area contributed by atoms with Crippen molar-refractivity contribution in [3.8, 4) is 0 Å². The highest BCUT2D eigenvalue weighted by Crippen LogP contribution is 2.22. The van der Waals surface area contributed by atoms with Crippen LogP contribution in [0.3, 0.4) is 0 Å². The van der Waals surface area contributed by atoms with E-state index in [9.17, 15) is 9.59 Å². The number of carbonyl (C=O) groups is 2. The van der Waals surface area contributed by atoms with Gasteiger partial charge in [-0.3, -0.25) is 14.5 Å². The lowest BCUT2D eigenvalue weighted by Gasteiger charge is -2.24. The first-order chi connectivity index (χ1) is 11.1. The molecular weight excluding hydrogens is 290 g/mol. The SMILES string of the molecule is C[C@H](CNC(=O)c1cccc(N2CCCC2=O)c1)N1CCCC1. The molecule has 2 aliphatic rings. The number of benzene rings is 1. The fourth-order valence-corrected chi connectivity index (χ4v) is 3.39. The Morgan fingerprint density at radius 2 is 2.00 bits per heavy atom. The maximum absolute atomic E-state index is 12.4. The molecule has 5 heteroatoms. The summed E-state index contributed by atoms with van der Waals surface area (Å²) in [7, 11) is 0. The van der Waals surface area contributed by atoms with Crippen molar-refractivity contribution in [3.05, 3.63) is 29.8 Å². The Hall–Kier alpha value is -1.88. The van der Waals surface area contributed by atoms with E-state index in [2.05, 4.69) is 17.1 Å². The molecule has 2 heterocycles. The van der Waals surface area contributed by atoms with Gasteiger partial charge in [0.2, 0.25) is 5.91 Å². The minimum atomic E-state index is -0.0652. The third-order valence-corrected chi connectivity index (χ3v) is 4.82. The van der Waals surface area contributed by atoms with Crippen molar-refractivity contribution in [3.63, 3.8) is 0 Å². The Morgan fingerprint density at radius 1 is 1.22 bits per heavy atom. The molecule has 1 N–H and O–H groups in total. The molecule has 3 rings (SSSR count). The maximum atomic E-state index is 12.4. The van der Waals surface area contributed by atoms with Gasteiger partial charge < -0.3 is 10.2 Å². The fraction of sp³-hybridized carbons (Fsp3) is 0.556. The van der Waals surface area contributed by atoms with Gasteiger partial charge in [0.25, 0.3) is 5.91 Å². The normalized spacial score (nSPS) is 20.0. The van der Waals surface area contributed by atoms with Crippen LogP contribution in [0.4, 0.5) is 5.69 Å². The summed E-state index contributed by atoms with van der Waals surface area (Å²) >= 11 is 0. The van der Waals surface area contributed by atoms with E-state index in [-0.39, 0.29) is 11.8 Å². The maximum Gasteiger partial charge on any atom is 0.251 e. The Labute approximate surface area is 137 Å². The molecule has 1 aromatic rings. The summed E-state index contributed by atoms with van der Waals surface area (Å²) in [5.74, 6) is 0.0785. The number of nitrogens with one attached hydrogen (secondary N) is 1. The van der Waals surface area contributed by atoms with Crippen LogP contribution in [0.2, 0.25) is 0 Å². The van der Waals surface area contributed by atoms with Gasteiger partial charge in [-0.05, 0) is 57.5 Å². The van der Waals surface area contributed by atoms with Crippen molar-refractivity contribution < 1.29 is 9.59 Å². The molecule has 0 unspecified atom stereocenters. The van der Waals surface area contributed by atoms with Crippen LogP contribution >= 0.6 is 0 Å². The molecule has 124 valence electrons. The Morgan fingerprint density at radius 3 is 2.70 bits per heavy atom. The van der Waals surface area contributed by atoms with Gasteiger partial charge in [0, 0.05) is 36.8 Å². The van der Waals surface area contributed by atoms with Crippen molar-refractivity contribution >= 4 is 17.5 Å². The summed E-state index contributed by atoms with van der Waals surface area (Å²) in [6, 6.07) is 7.73. The van der Waals surface area contributed by atoms with Gasteiger partial charge >= 0.3 is 0 Å². The monoisotopic (exact) mass is 315 g/mol. The minimum absolute atomic E-state index is 0.0652. The summed E-state index contributed by atoms with van der Waals surface area (Å²) in [6.45, 7) is 5.82. The van der Waals surface area contributed by atoms with E-state index in [1.165, 1.54) is 12.8 Å². The number of amides is 2. The molecule has 0 aliphatic carbocycles. The van der Waals surface area contributed by atoms with Crippen molar-refractivity contribution in [1.82, 2.24) is 10.2 Å². The molecule has 1 atom stereocenters. The smallest absolute Gasteiger partial charge is 0.251 e. The Bertz CT molecular complexity index is 581. The number of nitrogens with zero attached hydrogens (tertiary/aromatic N) is 2. The van der Waals surface area contributed by atoms with Gasteiger partial charge in [-0.2, -0.15) is 0 Å². The largest absolute Gasteiger partial charge is 0.350 e. The van der Waals surface area contributed by atoms with Crippen molar-refractivity contribution in [2.45, 2.75) is 38.6 Å². The highest BCUT2D eigenvalue weighted by Gasteiger charge is 2.22. The number of rotatable bonds is 5. The summed E-state index contributed by atoms with van der Waals surface area (Å²) < 4.78 is 0. The number of hydrogen-bond donors (Lipinski definition) is 1. The lowest BCUT2D eigenvalue weighted by Crippen LogP contribution is -2.40. The predicted molar refractivity (Wildman–Crippen MR) is 90.6 cm³/mol. The van der Waals surface area contributed by atoms with Crippen molar-refractivity contribution in [1.29, 1.82) is 0 Å². The summed E-state index contributed by atoms with van der Waals surface area (Å²) in [6.07, 6.45) is 4.00. The molecule has 2 aliphatic heterocycles. The van der Waals surface area contributed by atoms with Gasteiger partial charge in [-0.15, -0.1) is 0 Å². The van der Waals surface area contributed by atoms with Crippen LogP contribution in [0, 0.1) is 0 Å². The highest BCUT2D eigenvalue weighted by atomic mass is 16.2. The van der Waals surface area contributed by atoms with E-state index in [0.29, 0.717) is 24.6 Å². The molecule has 0 radical (unpaired) electrons. The van der Waals surface area contributed by atoms with E-state index < -0.39 is 0 Å². The number of anilines is 1. The zero-order valence-corrected chi connectivity index (χ0v) is 13.8. The molecule has 23 heavy (non-hydrogen) atoms. The molecule has 5 nitrogen and oxygen atoms in total. The predicted octanol–water partition coefficient (Wildman–Crippen LogP) is 2.03. The second-order valence-corrected chi connectivity index (χ2v) is 6.50. The third-order valence-electron chi connectivity index (χ3n) is 4.82. The molecule has 1 aromatic carbocycles. The van der Waals surface area contributed by atoms with Crippen LogP contribution in [0.15, 0.2) is 24.3 Å². The first-order valence-electron chi connectivity index (χ1n) is 8.58. The molecule has 2 fully saturated rings. The van der Waals surface area contributed by atoms with Gasteiger partial charge in [0.15, 0.2) is 0 Å². The van der Waals surface area contributed by atoms with Crippen LogP contribution in [-0.2, 0) is 4.79 Å². The molecule has 0 aromatic heterocycles. The van der Waals surface area contributed by atoms with Gasteiger partial charge in [-0.25, -0.2) is 0 Å². The van der Waals surface area contributed by atoms with Crippen molar-refractivity contribution in [2.24, 2.45) is 0 Å². The van der Waals surface area contributed by atoms with Gasteiger partial charge in [0.1, 0.15) is 0 Å². The summed E-state index contributed by atoms with van der Waals surface area (Å²) in [5, 5.41) is 3.02. The van der Waals surface area contributed by atoms with E-state index in [1.54, 1.807) is 11.0 Å². The zero-order chi connectivity index (χ0) is 16.2. The molecular formula is C18H25N3O2. The third kappa shape index (κ3) is 3.72. The zero-order valence-electron chi connectivity index (χ0n) is 13.8. The fourth-order valence-electron chi connectivity index (χ4n) is 3.39. The van der Waals surface area contributed by atoms with E-state index in [4.69, 9.17) is 0 Å². The van der Waals surface area contributed by atoms with Crippen LogP contribution in [0.1, 0.15) is 43.0 Å². The number of carbonyl (C=O) groups excluding carboxylic acids is 2. The van der Waals surface area contributed by atoms with Crippen LogP contribution in [0.25, 0.3) is 0 Å². The summed E-state index contributed by atoms with van der Waals surface area (Å²) in [5.41, 5.74) is 1.45. The van der Waals surface area contributed by atoms with Gasteiger partial charge in [-0.1, -0.05) is 6.07 Å². The lowest BCUT2D eigenvalue weighted by atomic mass is 10.1. The quantitative estimate of drug-likeness (QED) is 0.904. The van der Waals surface area contributed by atoms with Gasteiger partial charge in [0.05, 0.1) is 0 Å². The van der Waals surface area contributed by atoms with E-state index in [1.807, 2.05) is 18.2 Å². The van der Waals surface area contributed by atoms with Crippen LogP contribution in [0.5, 0.6) is 0 Å². The minimum Gasteiger partial charge on any atom is -0.350 e. The molecule has 0 spiro atoms. The average molecular weight is 315 g/mol. The second-order valence-electron chi connectivity index (χ2n) is 6.50. The first kappa shape index (κ1) is 16.0. The lowest BCUT2D eigenvalue weighted by molar-refractivity contribution is -0.117. The van der Waals surface area contributed by atoms with E-state index >= 15 is 0 Å². The molecule has 0 bridgehead atoms. The Kier molecular flexibility index (Phi) is 4.96. The topological polar surface area (TPSA) is 52.7 Å². The van der Waals surface area contributed by atoms with Crippen molar-refractivity contribution in [2.75, 3.05) is 31.1 Å². The Balaban J connectivity index is 1.59. The molecule has 2 amide bonds. The van der Waals surface area contributed by atoms with Crippen LogP contribution < -0.4 is 10.2 Å².